The first kappa shape index (κ1) is 48.7. The molecular weight excluding hydrogens is 883 g/mol. The summed E-state index contributed by atoms with van der Waals surface area (Å²) >= 11 is 0. The van der Waals surface area contributed by atoms with Gasteiger partial charge in [0.05, 0.1) is 42.9 Å². The van der Waals surface area contributed by atoms with E-state index in [1.54, 1.807) is 4.90 Å². The monoisotopic (exact) mass is 952 g/mol. The second-order valence-corrected chi connectivity index (χ2v) is 20.8. The molecule has 370 valence electrons. The van der Waals surface area contributed by atoms with Gasteiger partial charge in [-0.2, -0.15) is 0 Å². The zero-order valence-electron chi connectivity index (χ0n) is 41.9. The molecule has 2 aliphatic carbocycles. The van der Waals surface area contributed by atoms with E-state index in [1.807, 2.05) is 44.7 Å². The average molecular weight is 952 g/mol. The number of likely N-dealkylation sites (tertiary alicyclic amines) is 2. The summed E-state index contributed by atoms with van der Waals surface area (Å²) in [6, 6.07) is 17.4. The molecule has 0 radical (unpaired) electrons. The Balaban J connectivity index is 0.996. The van der Waals surface area contributed by atoms with Crippen LogP contribution < -0.4 is 16.2 Å². The Bertz CT molecular complexity index is 2790. The van der Waals surface area contributed by atoms with E-state index in [0.717, 1.165) is 85.9 Å². The van der Waals surface area contributed by atoms with Gasteiger partial charge in [-0.05, 0) is 133 Å². The largest absolute Gasteiger partial charge is 0.453 e. The van der Waals surface area contributed by atoms with Crippen molar-refractivity contribution in [3.8, 4) is 22.3 Å². The summed E-state index contributed by atoms with van der Waals surface area (Å²) in [5, 5.41) is 5.98. The van der Waals surface area contributed by atoms with Gasteiger partial charge in [-0.15, -0.1) is 0 Å². The van der Waals surface area contributed by atoms with Gasteiger partial charge >= 0.3 is 12.2 Å². The molecule has 3 fully saturated rings. The van der Waals surface area contributed by atoms with Crippen LogP contribution >= 0.6 is 0 Å². The van der Waals surface area contributed by atoms with E-state index in [2.05, 4.69) is 71.1 Å². The number of rotatable bonds is 12. The Morgan fingerprint density at radius 3 is 1.96 bits per heavy atom. The lowest BCUT2D eigenvalue weighted by molar-refractivity contribution is -0.135. The van der Waals surface area contributed by atoms with Gasteiger partial charge in [0.25, 0.3) is 5.56 Å². The van der Waals surface area contributed by atoms with Gasteiger partial charge in [0, 0.05) is 24.7 Å². The van der Waals surface area contributed by atoms with Crippen LogP contribution in [0.2, 0.25) is 0 Å². The van der Waals surface area contributed by atoms with E-state index in [0.29, 0.717) is 36.2 Å². The number of carbonyl (C=O) groups excluding carboxylic acids is 4. The number of hydrogen-bond donors (Lipinski definition) is 3. The summed E-state index contributed by atoms with van der Waals surface area (Å²) in [4.78, 5) is 83.2. The topological polar surface area (TPSA) is 175 Å². The van der Waals surface area contributed by atoms with Crippen LogP contribution in [0.1, 0.15) is 134 Å². The molecule has 4 aromatic rings. The number of nitrogens with zero attached hydrogens (tertiary/aromatic N) is 4. The number of H-pyrrole nitrogens is 1. The Labute approximate surface area is 411 Å². The Hall–Kier alpha value is -6.31. The van der Waals surface area contributed by atoms with Gasteiger partial charge in [0.1, 0.15) is 17.9 Å². The standard InChI is InChI=1S/C56H69N7O7/c1-8-34-19-23-42(57-49(34)44-13-11-29-62(44)52(65)47(32(2)3)59-54(67)69-6)36-17-15-35(16-18-36)39-22-21-38(40-25-28-56(46(39)40)26-9-10-27-56)37-20-24-43-41(31-37)51(64)61-50(58-43)45-14-12-30-63(45)53(66)48(33(4)5)60-55(68)70-7/h15-18,20-24,31-34,44-45,47-48H,8-14,19,25-30H2,1-7H3,(H,59,67)(H,60,68)(H,58,61,64). The van der Waals surface area contributed by atoms with Crippen LogP contribution in [0.4, 0.5) is 9.59 Å². The van der Waals surface area contributed by atoms with Gasteiger partial charge in [-0.3, -0.25) is 19.4 Å². The number of carbonyl (C=O) groups is 4. The molecule has 1 saturated carbocycles. The molecular formula is C56H69N7O7. The SMILES string of the molecule is CCC1CC=C(c2ccc(-c3ccc(-c4ccc5nc(C6CCCN6C(=O)C(NC(=O)OC)C(C)C)[nH]c(=O)c5c4)c4c3C3(CCCC3)CC4)cc2)N=C1C1CCCN1C(=O)C(NC(=O)OC)C(C)C. The van der Waals surface area contributed by atoms with Crippen LogP contribution in [-0.4, -0.2) is 94.9 Å². The zero-order chi connectivity index (χ0) is 49.4. The van der Waals surface area contributed by atoms with Gasteiger partial charge in [-0.1, -0.05) is 96.0 Å². The summed E-state index contributed by atoms with van der Waals surface area (Å²) in [5.74, 6) is 0.0981. The number of nitrogens with one attached hydrogen (secondary N) is 3. The Kier molecular flexibility index (Phi) is 14.1. The maximum Gasteiger partial charge on any atom is 0.407 e. The highest BCUT2D eigenvalue weighted by atomic mass is 16.5. The van der Waals surface area contributed by atoms with E-state index >= 15 is 0 Å². The number of amides is 4. The van der Waals surface area contributed by atoms with Crippen molar-refractivity contribution in [1.82, 2.24) is 30.4 Å². The third-order valence-electron chi connectivity index (χ3n) is 16.1. The minimum absolute atomic E-state index is 0.0876. The second kappa shape index (κ2) is 20.2. The first-order valence-electron chi connectivity index (χ1n) is 25.7. The van der Waals surface area contributed by atoms with E-state index in [1.165, 1.54) is 49.3 Å². The number of alkyl carbamates (subject to hydrolysis) is 2. The van der Waals surface area contributed by atoms with Crippen molar-refractivity contribution in [2.24, 2.45) is 22.7 Å². The van der Waals surface area contributed by atoms with Crippen LogP contribution in [-0.2, 0) is 30.9 Å². The van der Waals surface area contributed by atoms with Gasteiger partial charge < -0.3 is 34.9 Å². The molecule has 4 heterocycles. The van der Waals surface area contributed by atoms with Crippen LogP contribution in [0, 0.1) is 17.8 Å². The van der Waals surface area contributed by atoms with Crippen molar-refractivity contribution >= 4 is 46.3 Å². The van der Waals surface area contributed by atoms with E-state index in [9.17, 15) is 24.0 Å². The Morgan fingerprint density at radius 2 is 1.34 bits per heavy atom. The summed E-state index contributed by atoms with van der Waals surface area (Å²) < 4.78 is 9.67. The molecule has 14 heteroatoms. The van der Waals surface area contributed by atoms with Crippen LogP contribution in [0.15, 0.2) is 70.5 Å². The molecule has 3 aromatic carbocycles. The highest BCUT2D eigenvalue weighted by Gasteiger charge is 2.44. The van der Waals surface area contributed by atoms with Crippen molar-refractivity contribution in [1.29, 1.82) is 0 Å². The number of fused-ring (bicyclic) bond motifs is 3. The molecule has 14 nitrogen and oxygen atoms in total. The molecule has 5 atom stereocenters. The predicted molar refractivity (Wildman–Crippen MR) is 272 cm³/mol. The maximum absolute atomic E-state index is 14.0. The van der Waals surface area contributed by atoms with Crippen molar-refractivity contribution in [3.05, 3.63) is 93.5 Å². The zero-order valence-corrected chi connectivity index (χ0v) is 41.9. The molecule has 3 aliphatic heterocycles. The first-order chi connectivity index (χ1) is 33.7. The number of aliphatic imine (C=N–C) groups is 1. The molecule has 1 aromatic heterocycles. The number of benzene rings is 3. The summed E-state index contributed by atoms with van der Waals surface area (Å²) in [6.45, 7) is 11.0. The summed E-state index contributed by atoms with van der Waals surface area (Å²) in [7, 11) is 2.59. The normalized spacial score (nSPS) is 21.5. The quantitative estimate of drug-likeness (QED) is 0.126. The molecule has 0 bridgehead atoms. The number of allylic oxidation sites excluding steroid dienone is 1. The summed E-state index contributed by atoms with van der Waals surface area (Å²) in [5.41, 5.74) is 10.8. The molecule has 70 heavy (non-hydrogen) atoms. The third-order valence-corrected chi connectivity index (χ3v) is 16.1. The van der Waals surface area contributed by atoms with Crippen molar-refractivity contribution in [2.45, 2.75) is 141 Å². The van der Waals surface area contributed by atoms with Crippen molar-refractivity contribution in [3.63, 3.8) is 0 Å². The number of methoxy groups -OCH3 is 2. The highest BCUT2D eigenvalue weighted by molar-refractivity contribution is 6.01. The molecule has 9 rings (SSSR count). The minimum Gasteiger partial charge on any atom is -0.453 e. The number of aromatic nitrogens is 2. The number of ether oxygens (including phenoxy) is 2. The first-order valence-corrected chi connectivity index (χ1v) is 25.7. The Morgan fingerprint density at radius 1 is 0.757 bits per heavy atom. The van der Waals surface area contributed by atoms with E-state index < -0.39 is 30.3 Å². The molecule has 3 N–H and O–H groups in total. The highest BCUT2D eigenvalue weighted by Crippen LogP contribution is 2.55. The fourth-order valence-corrected chi connectivity index (χ4v) is 12.3. The lowest BCUT2D eigenvalue weighted by Gasteiger charge is -2.34. The van der Waals surface area contributed by atoms with Crippen LogP contribution in [0.5, 0.6) is 0 Å². The predicted octanol–water partition coefficient (Wildman–Crippen LogP) is 9.64. The van der Waals surface area contributed by atoms with Crippen molar-refractivity contribution < 1.29 is 28.7 Å². The smallest absolute Gasteiger partial charge is 0.407 e. The fraction of sp³-hybridized carbons (Fsp3) is 0.518. The number of hydrogen-bond acceptors (Lipinski definition) is 9. The molecule has 4 amide bonds. The molecule has 5 unspecified atom stereocenters. The average Bonchev–Trinajstić information content (AvgIpc) is 4.22. The van der Waals surface area contributed by atoms with Gasteiger partial charge in [0.2, 0.25) is 11.8 Å². The second-order valence-electron chi connectivity index (χ2n) is 20.8. The van der Waals surface area contributed by atoms with E-state index in [-0.39, 0.29) is 46.6 Å². The number of aromatic amines is 1. The maximum atomic E-state index is 14.0. The molecule has 1 spiro atoms. The van der Waals surface area contributed by atoms with Crippen molar-refractivity contribution in [2.75, 3.05) is 27.3 Å². The molecule has 5 aliphatic rings. The van der Waals surface area contributed by atoms with Crippen LogP contribution in [0.25, 0.3) is 38.9 Å². The lowest BCUT2D eigenvalue weighted by atomic mass is 9.76. The van der Waals surface area contributed by atoms with Gasteiger partial charge in [0.15, 0.2) is 0 Å². The minimum atomic E-state index is -0.770. The van der Waals surface area contributed by atoms with E-state index in [4.69, 9.17) is 19.5 Å². The van der Waals surface area contributed by atoms with Gasteiger partial charge in [-0.25, -0.2) is 14.6 Å². The fourth-order valence-electron chi connectivity index (χ4n) is 12.3. The van der Waals surface area contributed by atoms with Crippen LogP contribution in [0.3, 0.4) is 0 Å². The summed E-state index contributed by atoms with van der Waals surface area (Å²) in [6.07, 6.45) is 12.7. The third kappa shape index (κ3) is 9.14. The lowest BCUT2D eigenvalue weighted by Crippen LogP contribution is -2.54. The molecule has 2 saturated heterocycles.